The number of hydrogen-bond donors (Lipinski definition) is 0. The number of hydrogen-bond acceptors (Lipinski definition) is 5. The predicted molar refractivity (Wildman–Crippen MR) is 126 cm³/mol. The number of aromatic nitrogens is 4. The van der Waals surface area contributed by atoms with Crippen molar-refractivity contribution in [2.75, 3.05) is 19.8 Å². The summed E-state index contributed by atoms with van der Waals surface area (Å²) in [6.07, 6.45) is 4.13. The molecule has 0 spiro atoms. The number of para-hydroxylation sites is 1. The van der Waals surface area contributed by atoms with E-state index >= 15 is 4.39 Å². The molecule has 0 bridgehead atoms. The summed E-state index contributed by atoms with van der Waals surface area (Å²) in [5.41, 5.74) is 0.810. The first kappa shape index (κ1) is 17.7. The van der Waals surface area contributed by atoms with Crippen LogP contribution in [0.25, 0.3) is 22.8 Å². The SMILES string of the molecule is [2H]C([2H])C([2H])([2H])Oc1cn(-c2ccc(C3CCOCC3)cc2F)nc(-c2ccnn2-c2ccccc2)c1=O. The van der Waals surface area contributed by atoms with Gasteiger partial charge in [0.25, 0.3) is 5.43 Å². The van der Waals surface area contributed by atoms with Crippen LogP contribution in [0.4, 0.5) is 4.39 Å². The van der Waals surface area contributed by atoms with Gasteiger partial charge in [-0.25, -0.2) is 13.8 Å². The lowest BCUT2D eigenvalue weighted by Gasteiger charge is -2.22. The number of ether oxygens (including phenoxy) is 2. The molecular weight excluding hydrogens is 435 g/mol. The van der Waals surface area contributed by atoms with Crippen LogP contribution in [0.15, 0.2) is 71.8 Å². The Hall–Kier alpha value is -3.78. The highest BCUT2D eigenvalue weighted by molar-refractivity contribution is 5.59. The van der Waals surface area contributed by atoms with Crippen molar-refractivity contribution in [2.45, 2.75) is 25.6 Å². The van der Waals surface area contributed by atoms with Crippen molar-refractivity contribution in [1.29, 1.82) is 0 Å². The summed E-state index contributed by atoms with van der Waals surface area (Å²) in [7, 11) is 0. The van der Waals surface area contributed by atoms with Crippen LogP contribution >= 0.6 is 0 Å². The summed E-state index contributed by atoms with van der Waals surface area (Å²) in [6.45, 7) is -3.62. The number of nitrogens with zero attached hydrogens (tertiary/aromatic N) is 4. The minimum absolute atomic E-state index is 0.0199. The fourth-order valence-electron chi connectivity index (χ4n) is 4.15. The van der Waals surface area contributed by atoms with Crippen LogP contribution in [0.3, 0.4) is 0 Å². The van der Waals surface area contributed by atoms with Crippen LogP contribution in [-0.4, -0.2) is 39.3 Å². The Morgan fingerprint density at radius 2 is 2.03 bits per heavy atom. The molecule has 0 unspecified atom stereocenters. The van der Waals surface area contributed by atoms with Gasteiger partial charge in [-0.2, -0.15) is 10.2 Å². The molecule has 2 aromatic heterocycles. The zero-order valence-electron chi connectivity index (χ0n) is 22.2. The molecule has 0 aliphatic carbocycles. The molecule has 2 aromatic carbocycles. The smallest absolute Gasteiger partial charge is 0.251 e. The van der Waals surface area contributed by atoms with E-state index in [0.717, 1.165) is 29.3 Å². The molecule has 0 atom stereocenters. The van der Waals surface area contributed by atoms with E-state index in [1.165, 1.54) is 16.9 Å². The molecule has 1 aliphatic heterocycles. The lowest BCUT2D eigenvalue weighted by molar-refractivity contribution is 0.0853. The second kappa shape index (κ2) is 9.61. The topological polar surface area (TPSA) is 71.2 Å². The van der Waals surface area contributed by atoms with Crippen LogP contribution in [-0.2, 0) is 4.74 Å². The lowest BCUT2D eigenvalue weighted by Crippen LogP contribution is -2.19. The van der Waals surface area contributed by atoms with Crippen LogP contribution in [0.5, 0.6) is 5.75 Å². The van der Waals surface area contributed by atoms with Gasteiger partial charge in [-0.15, -0.1) is 0 Å². The fourth-order valence-corrected chi connectivity index (χ4v) is 4.15. The summed E-state index contributed by atoms with van der Waals surface area (Å²) < 4.78 is 59.4. The van der Waals surface area contributed by atoms with Gasteiger partial charge in [0.2, 0.25) is 0 Å². The van der Waals surface area contributed by atoms with Crippen molar-refractivity contribution < 1.29 is 19.3 Å². The predicted octanol–water partition coefficient (Wildman–Crippen LogP) is 4.52. The molecule has 7 nitrogen and oxygen atoms in total. The Morgan fingerprint density at radius 3 is 2.79 bits per heavy atom. The highest BCUT2D eigenvalue weighted by Crippen LogP contribution is 2.29. The Balaban J connectivity index is 1.64. The first-order chi connectivity index (χ1) is 18.2. The van der Waals surface area contributed by atoms with Crippen LogP contribution < -0.4 is 10.2 Å². The van der Waals surface area contributed by atoms with Gasteiger partial charge < -0.3 is 9.47 Å². The molecule has 0 amide bonds. The van der Waals surface area contributed by atoms with Crippen LogP contribution in [0.1, 0.15) is 36.7 Å². The normalized spacial score (nSPS) is 16.5. The first-order valence-corrected chi connectivity index (χ1v) is 10.9. The van der Waals surface area contributed by atoms with Gasteiger partial charge in [-0.05, 0) is 61.5 Å². The number of benzene rings is 2. The first-order valence-electron chi connectivity index (χ1n) is 13.0. The Kier molecular flexibility index (Phi) is 4.99. The maximum Gasteiger partial charge on any atom is 0.251 e. The van der Waals surface area contributed by atoms with E-state index in [9.17, 15) is 4.79 Å². The summed E-state index contributed by atoms with van der Waals surface area (Å²) in [4.78, 5) is 13.4. The molecule has 0 radical (unpaired) electrons. The zero-order valence-corrected chi connectivity index (χ0v) is 18.2. The van der Waals surface area contributed by atoms with E-state index < -0.39 is 30.4 Å². The van der Waals surface area contributed by atoms with Crippen LogP contribution in [0, 0.1) is 5.82 Å². The van der Waals surface area contributed by atoms with Gasteiger partial charge in [0.15, 0.2) is 11.4 Å². The largest absolute Gasteiger partial charge is 0.488 e. The van der Waals surface area contributed by atoms with Gasteiger partial charge in [0.1, 0.15) is 11.5 Å². The molecular formula is C26H25FN4O3. The second-order valence-corrected chi connectivity index (χ2v) is 7.90. The van der Waals surface area contributed by atoms with E-state index in [-0.39, 0.29) is 23.0 Å². The molecule has 34 heavy (non-hydrogen) atoms. The standard InChI is InChI=1S/C26H25FN4O3/c1-2-34-24-17-30(22-9-8-19(16-21(22)27)18-11-14-33-15-12-18)29-25(26(24)32)23-10-13-28-31(23)20-6-4-3-5-7-20/h3-10,13,16-18H,2,11-12,14-15H2,1H3/i1D2,2D2. The zero-order chi connectivity index (χ0) is 26.9. The minimum Gasteiger partial charge on any atom is -0.488 e. The molecule has 1 fully saturated rings. The quantitative estimate of drug-likeness (QED) is 0.420. The van der Waals surface area contributed by atoms with E-state index in [2.05, 4.69) is 10.2 Å². The second-order valence-electron chi connectivity index (χ2n) is 7.90. The van der Waals surface area contributed by atoms with Crippen molar-refractivity contribution in [2.24, 2.45) is 0 Å². The lowest BCUT2D eigenvalue weighted by atomic mass is 9.91. The molecule has 0 saturated carbocycles. The van der Waals surface area contributed by atoms with Gasteiger partial charge in [-0.3, -0.25) is 4.79 Å². The van der Waals surface area contributed by atoms with Gasteiger partial charge in [0.05, 0.1) is 33.1 Å². The Morgan fingerprint density at radius 1 is 1.21 bits per heavy atom. The van der Waals surface area contributed by atoms with E-state index in [1.807, 2.05) is 6.07 Å². The third kappa shape index (κ3) is 4.24. The van der Waals surface area contributed by atoms with Crippen molar-refractivity contribution in [3.63, 3.8) is 0 Å². The average Bonchev–Trinajstić information content (AvgIpc) is 3.40. The summed E-state index contributed by atoms with van der Waals surface area (Å²) in [5.74, 6) is -0.930. The average molecular weight is 465 g/mol. The third-order valence-corrected chi connectivity index (χ3v) is 5.85. The minimum atomic E-state index is -2.80. The maximum absolute atomic E-state index is 15.4. The van der Waals surface area contributed by atoms with Crippen molar-refractivity contribution in [3.05, 3.63) is 88.6 Å². The Bertz CT molecular complexity index is 1490. The summed E-state index contributed by atoms with van der Waals surface area (Å²) >= 11 is 0. The summed E-state index contributed by atoms with van der Waals surface area (Å²) in [6, 6.07) is 15.3. The maximum atomic E-state index is 15.4. The monoisotopic (exact) mass is 464 g/mol. The fraction of sp³-hybridized carbons (Fsp3) is 0.269. The summed E-state index contributed by atoms with van der Waals surface area (Å²) in [5, 5.41) is 8.69. The van der Waals surface area contributed by atoms with E-state index in [0.29, 0.717) is 18.9 Å². The van der Waals surface area contributed by atoms with E-state index in [1.54, 1.807) is 42.5 Å². The Labute approximate surface area is 202 Å². The molecule has 0 N–H and O–H groups in total. The molecule has 8 heteroatoms. The number of rotatable bonds is 6. The third-order valence-electron chi connectivity index (χ3n) is 5.85. The van der Waals surface area contributed by atoms with Crippen molar-refractivity contribution >= 4 is 0 Å². The molecule has 5 rings (SSSR count). The molecule has 4 aromatic rings. The molecule has 174 valence electrons. The van der Waals surface area contributed by atoms with Crippen molar-refractivity contribution in [1.82, 2.24) is 19.6 Å². The molecule has 3 heterocycles. The highest BCUT2D eigenvalue weighted by atomic mass is 19.1. The van der Waals surface area contributed by atoms with E-state index in [4.69, 9.17) is 15.0 Å². The van der Waals surface area contributed by atoms with Crippen molar-refractivity contribution in [3.8, 4) is 28.5 Å². The number of halogens is 1. The molecule has 1 saturated heterocycles. The highest BCUT2D eigenvalue weighted by Gasteiger charge is 2.21. The van der Waals surface area contributed by atoms with Gasteiger partial charge in [-0.1, -0.05) is 24.3 Å². The van der Waals surface area contributed by atoms with Gasteiger partial charge in [0, 0.05) is 16.0 Å². The molecule has 1 aliphatic rings. The van der Waals surface area contributed by atoms with Crippen LogP contribution in [0.2, 0.25) is 0 Å². The van der Waals surface area contributed by atoms with Gasteiger partial charge >= 0.3 is 0 Å².